The second-order valence-corrected chi connectivity index (χ2v) is 5.45. The van der Waals surface area contributed by atoms with Gasteiger partial charge in [-0.05, 0) is 47.4 Å². The summed E-state index contributed by atoms with van der Waals surface area (Å²) in [5.41, 5.74) is 1.95. The molecule has 1 aromatic carbocycles. The second kappa shape index (κ2) is 6.99. The number of halogens is 2. The topological polar surface area (TPSA) is 29.9 Å². The maximum absolute atomic E-state index is 13.8. The van der Waals surface area contributed by atoms with Crippen molar-refractivity contribution < 1.29 is 4.39 Å². The molecule has 0 radical (unpaired) electrons. The monoisotopic (exact) mass is 339 g/mol. The van der Waals surface area contributed by atoms with Crippen molar-refractivity contribution in [1.29, 1.82) is 0 Å². The Bertz CT molecular complexity index is 568. The van der Waals surface area contributed by atoms with Crippen LogP contribution in [0.2, 0.25) is 0 Å². The number of aryl methyl sites for hydroxylation is 1. The summed E-state index contributed by atoms with van der Waals surface area (Å²) in [6.45, 7) is 5.85. The molecule has 0 saturated heterocycles. The third-order valence-electron chi connectivity index (χ3n) is 3.20. The molecule has 108 valence electrons. The first-order valence-electron chi connectivity index (χ1n) is 6.87. The molecule has 0 fully saturated rings. The Morgan fingerprint density at radius 3 is 2.85 bits per heavy atom. The van der Waals surface area contributed by atoms with Crippen molar-refractivity contribution in [2.45, 2.75) is 32.9 Å². The molecule has 3 nitrogen and oxygen atoms in total. The van der Waals surface area contributed by atoms with Crippen LogP contribution in [0, 0.1) is 5.82 Å². The van der Waals surface area contributed by atoms with Crippen LogP contribution in [0.4, 0.5) is 4.39 Å². The number of hydrogen-bond acceptors (Lipinski definition) is 2. The van der Waals surface area contributed by atoms with Gasteiger partial charge in [0, 0.05) is 18.3 Å². The van der Waals surface area contributed by atoms with Crippen LogP contribution in [-0.4, -0.2) is 16.3 Å². The van der Waals surface area contributed by atoms with Gasteiger partial charge >= 0.3 is 0 Å². The molecule has 5 heteroatoms. The van der Waals surface area contributed by atoms with Crippen molar-refractivity contribution >= 4 is 15.9 Å². The van der Waals surface area contributed by atoms with E-state index < -0.39 is 0 Å². The van der Waals surface area contributed by atoms with Gasteiger partial charge < -0.3 is 5.32 Å². The van der Waals surface area contributed by atoms with Crippen LogP contribution >= 0.6 is 15.9 Å². The predicted molar refractivity (Wildman–Crippen MR) is 82.1 cm³/mol. The molecule has 1 atom stereocenters. The molecule has 0 spiro atoms. The largest absolute Gasteiger partial charge is 0.306 e. The highest BCUT2D eigenvalue weighted by Gasteiger charge is 2.19. The summed E-state index contributed by atoms with van der Waals surface area (Å²) in [6.07, 6.45) is 4.87. The Balaban J connectivity index is 2.38. The molecule has 0 aliphatic rings. The fourth-order valence-corrected chi connectivity index (χ4v) is 2.63. The summed E-state index contributed by atoms with van der Waals surface area (Å²) < 4.78 is 16.1. The number of aromatic nitrogens is 2. The maximum Gasteiger partial charge on any atom is 0.137 e. The summed E-state index contributed by atoms with van der Waals surface area (Å²) in [7, 11) is 0. The molecule has 0 aliphatic carbocycles. The number of hydrogen-bond donors (Lipinski definition) is 1. The summed E-state index contributed by atoms with van der Waals surface area (Å²) in [4.78, 5) is 0. The summed E-state index contributed by atoms with van der Waals surface area (Å²) in [5, 5.41) is 7.77. The zero-order valence-electron chi connectivity index (χ0n) is 11.7. The van der Waals surface area contributed by atoms with Gasteiger partial charge in [0.15, 0.2) is 0 Å². The van der Waals surface area contributed by atoms with E-state index in [0.29, 0.717) is 4.47 Å². The van der Waals surface area contributed by atoms with E-state index in [4.69, 9.17) is 0 Å². The second-order valence-electron chi connectivity index (χ2n) is 4.66. The van der Waals surface area contributed by atoms with Gasteiger partial charge in [0.2, 0.25) is 0 Å². The van der Waals surface area contributed by atoms with Gasteiger partial charge in [-0.25, -0.2) is 4.39 Å². The normalized spacial score (nSPS) is 12.6. The highest BCUT2D eigenvalue weighted by Crippen LogP contribution is 2.30. The minimum atomic E-state index is -0.242. The molecule has 0 saturated carbocycles. The lowest BCUT2D eigenvalue weighted by atomic mass is 10.0. The summed E-state index contributed by atoms with van der Waals surface area (Å²) in [5.74, 6) is -0.242. The van der Waals surface area contributed by atoms with E-state index in [1.54, 1.807) is 6.07 Å². The first-order valence-corrected chi connectivity index (χ1v) is 7.66. The Morgan fingerprint density at radius 2 is 2.20 bits per heavy atom. The molecule has 0 aliphatic heterocycles. The molecule has 1 unspecified atom stereocenters. The first kappa shape index (κ1) is 15.2. The van der Waals surface area contributed by atoms with Crippen molar-refractivity contribution in [3.8, 4) is 0 Å². The van der Waals surface area contributed by atoms with Crippen molar-refractivity contribution in [2.24, 2.45) is 0 Å². The lowest BCUT2D eigenvalue weighted by Gasteiger charge is -2.19. The van der Waals surface area contributed by atoms with E-state index in [1.165, 1.54) is 6.07 Å². The van der Waals surface area contributed by atoms with Gasteiger partial charge in [0.05, 0.1) is 16.7 Å². The molecule has 1 heterocycles. The van der Waals surface area contributed by atoms with Crippen molar-refractivity contribution in [3.05, 3.63) is 52.0 Å². The van der Waals surface area contributed by atoms with Crippen LogP contribution < -0.4 is 5.32 Å². The van der Waals surface area contributed by atoms with Gasteiger partial charge in [-0.15, -0.1) is 0 Å². The predicted octanol–water partition coefficient (Wildman–Crippen LogP) is 3.89. The smallest absolute Gasteiger partial charge is 0.137 e. The van der Waals surface area contributed by atoms with Crippen LogP contribution in [0.15, 0.2) is 35.1 Å². The lowest BCUT2D eigenvalue weighted by molar-refractivity contribution is 0.578. The minimum absolute atomic E-state index is 0.0553. The Labute approximate surface area is 127 Å². The quantitative estimate of drug-likeness (QED) is 0.865. The highest BCUT2D eigenvalue weighted by molar-refractivity contribution is 9.10. The third kappa shape index (κ3) is 3.27. The van der Waals surface area contributed by atoms with E-state index in [2.05, 4.69) is 33.3 Å². The van der Waals surface area contributed by atoms with Crippen molar-refractivity contribution in [1.82, 2.24) is 15.1 Å². The molecule has 1 aromatic heterocycles. The average Bonchev–Trinajstić information content (AvgIpc) is 2.92. The van der Waals surface area contributed by atoms with Crippen LogP contribution in [0.3, 0.4) is 0 Å². The molecule has 2 rings (SSSR count). The summed E-state index contributed by atoms with van der Waals surface area (Å²) in [6, 6.07) is 5.07. The number of nitrogens with zero attached hydrogens (tertiary/aromatic N) is 2. The van der Waals surface area contributed by atoms with Gasteiger partial charge in [-0.3, -0.25) is 4.68 Å². The first-order chi connectivity index (χ1) is 9.67. The molecular formula is C15H19BrFN3. The minimum Gasteiger partial charge on any atom is -0.306 e. The van der Waals surface area contributed by atoms with Crippen LogP contribution in [0.5, 0.6) is 0 Å². The van der Waals surface area contributed by atoms with Crippen LogP contribution in [-0.2, 0) is 6.54 Å². The zero-order chi connectivity index (χ0) is 14.5. The third-order valence-corrected chi connectivity index (χ3v) is 4.04. The zero-order valence-corrected chi connectivity index (χ0v) is 13.3. The molecule has 2 aromatic rings. The molecule has 0 bridgehead atoms. The number of benzene rings is 1. The molecule has 1 N–H and O–H groups in total. The fraction of sp³-hybridized carbons (Fsp3) is 0.400. The Kier molecular flexibility index (Phi) is 5.31. The van der Waals surface area contributed by atoms with Gasteiger partial charge in [0.25, 0.3) is 0 Å². The van der Waals surface area contributed by atoms with E-state index >= 15 is 0 Å². The molecule has 0 amide bonds. The molecular weight excluding hydrogens is 321 g/mol. The fourth-order valence-electron chi connectivity index (χ4n) is 2.14. The maximum atomic E-state index is 13.8. The van der Waals surface area contributed by atoms with E-state index in [1.807, 2.05) is 30.1 Å². The Hall–Kier alpha value is -1.20. The van der Waals surface area contributed by atoms with E-state index in [0.717, 1.165) is 30.6 Å². The average molecular weight is 340 g/mol. The number of nitrogens with one attached hydrogen (secondary N) is 1. The highest BCUT2D eigenvalue weighted by atomic mass is 79.9. The van der Waals surface area contributed by atoms with Crippen LogP contribution in [0.25, 0.3) is 0 Å². The molecule has 20 heavy (non-hydrogen) atoms. The van der Waals surface area contributed by atoms with Gasteiger partial charge in [0.1, 0.15) is 5.82 Å². The van der Waals surface area contributed by atoms with Crippen molar-refractivity contribution in [3.63, 3.8) is 0 Å². The van der Waals surface area contributed by atoms with Crippen molar-refractivity contribution in [2.75, 3.05) is 6.54 Å². The van der Waals surface area contributed by atoms with E-state index in [-0.39, 0.29) is 11.9 Å². The Morgan fingerprint density at radius 1 is 1.40 bits per heavy atom. The van der Waals surface area contributed by atoms with Crippen LogP contribution in [0.1, 0.15) is 37.4 Å². The van der Waals surface area contributed by atoms with E-state index in [9.17, 15) is 4.39 Å². The SMILES string of the molecule is CCCNC(c1cnn(CC)c1)c1cccc(F)c1Br. The number of rotatable bonds is 6. The summed E-state index contributed by atoms with van der Waals surface area (Å²) >= 11 is 3.35. The lowest BCUT2D eigenvalue weighted by Crippen LogP contribution is -2.23. The van der Waals surface area contributed by atoms with Gasteiger partial charge in [-0.1, -0.05) is 19.1 Å². The van der Waals surface area contributed by atoms with Gasteiger partial charge in [-0.2, -0.15) is 5.10 Å². The standard InChI is InChI=1S/C15H19BrFN3/c1-3-8-18-15(11-9-19-20(4-2)10-11)12-6-5-7-13(17)14(12)16/h5-7,9-10,15,18H,3-4,8H2,1-2H3.